The van der Waals surface area contributed by atoms with E-state index in [1.807, 2.05) is 24.3 Å². The minimum Gasteiger partial charge on any atom is -0.507 e. The fourth-order valence-electron chi connectivity index (χ4n) is 1.58. The van der Waals surface area contributed by atoms with Crippen molar-refractivity contribution in [3.8, 4) is 16.9 Å². The van der Waals surface area contributed by atoms with E-state index >= 15 is 0 Å². The molecule has 0 aliphatic carbocycles. The molecule has 0 unspecified atom stereocenters. The maximum atomic E-state index is 11.2. The standard InChI is InChI=1S/C14H11BrO2/c1-9(16)10-2-4-11(5-3-10)12-6-7-14(17)13(15)8-12/h2-8,17H,1H3. The van der Waals surface area contributed by atoms with Gasteiger partial charge in [0.1, 0.15) is 5.75 Å². The number of phenols is 1. The number of hydrogen-bond donors (Lipinski definition) is 1. The smallest absolute Gasteiger partial charge is 0.159 e. The third-order valence-electron chi connectivity index (χ3n) is 2.57. The maximum absolute atomic E-state index is 11.2. The molecule has 0 saturated heterocycles. The second kappa shape index (κ2) is 4.72. The van der Waals surface area contributed by atoms with Crippen LogP contribution in [-0.2, 0) is 0 Å². The van der Waals surface area contributed by atoms with Crippen LogP contribution in [0.3, 0.4) is 0 Å². The van der Waals surface area contributed by atoms with Gasteiger partial charge in [-0.25, -0.2) is 0 Å². The molecular formula is C14H11BrO2. The molecule has 0 atom stereocenters. The summed E-state index contributed by atoms with van der Waals surface area (Å²) in [6, 6.07) is 12.7. The van der Waals surface area contributed by atoms with Crippen LogP contribution in [0.15, 0.2) is 46.9 Å². The second-order valence-corrected chi connectivity index (χ2v) is 4.65. The van der Waals surface area contributed by atoms with Crippen LogP contribution in [0, 0.1) is 0 Å². The Morgan fingerprint density at radius 2 is 1.65 bits per heavy atom. The summed E-state index contributed by atoms with van der Waals surface area (Å²) in [5.74, 6) is 0.276. The Hall–Kier alpha value is -1.61. The average Bonchev–Trinajstić information content (AvgIpc) is 2.33. The van der Waals surface area contributed by atoms with Crippen molar-refractivity contribution in [2.45, 2.75) is 6.92 Å². The van der Waals surface area contributed by atoms with Crippen LogP contribution in [0.5, 0.6) is 5.75 Å². The number of carbonyl (C=O) groups is 1. The summed E-state index contributed by atoms with van der Waals surface area (Å²) >= 11 is 3.28. The molecule has 0 amide bonds. The van der Waals surface area contributed by atoms with E-state index < -0.39 is 0 Å². The van der Waals surface area contributed by atoms with E-state index in [1.165, 1.54) is 0 Å². The van der Waals surface area contributed by atoms with Crippen LogP contribution in [0.25, 0.3) is 11.1 Å². The Labute approximate surface area is 108 Å². The van der Waals surface area contributed by atoms with Gasteiger partial charge in [0.15, 0.2) is 5.78 Å². The number of benzene rings is 2. The molecule has 0 aliphatic rings. The van der Waals surface area contributed by atoms with E-state index in [2.05, 4.69) is 15.9 Å². The number of phenolic OH excluding ortho intramolecular Hbond substituents is 1. The number of halogens is 1. The van der Waals surface area contributed by atoms with E-state index in [0.717, 1.165) is 11.1 Å². The molecule has 0 radical (unpaired) electrons. The van der Waals surface area contributed by atoms with Crippen LogP contribution in [0.4, 0.5) is 0 Å². The zero-order valence-electron chi connectivity index (χ0n) is 9.27. The van der Waals surface area contributed by atoms with Gasteiger partial charge in [-0.15, -0.1) is 0 Å². The van der Waals surface area contributed by atoms with Crippen molar-refractivity contribution < 1.29 is 9.90 Å². The van der Waals surface area contributed by atoms with Crippen molar-refractivity contribution in [2.24, 2.45) is 0 Å². The number of hydrogen-bond acceptors (Lipinski definition) is 2. The normalized spacial score (nSPS) is 10.2. The van der Waals surface area contributed by atoms with E-state index in [1.54, 1.807) is 25.1 Å². The summed E-state index contributed by atoms with van der Waals surface area (Å²) in [5, 5.41) is 9.42. The first kappa shape index (κ1) is 11.9. The fourth-order valence-corrected chi connectivity index (χ4v) is 1.96. The average molecular weight is 291 g/mol. The number of rotatable bonds is 2. The van der Waals surface area contributed by atoms with Gasteiger partial charge in [-0.05, 0) is 46.1 Å². The Balaban J connectivity index is 2.39. The van der Waals surface area contributed by atoms with Gasteiger partial charge < -0.3 is 5.11 Å². The van der Waals surface area contributed by atoms with Gasteiger partial charge in [0.2, 0.25) is 0 Å². The molecule has 2 rings (SSSR count). The molecule has 0 aromatic heterocycles. The van der Waals surface area contributed by atoms with Gasteiger partial charge in [0.05, 0.1) is 4.47 Å². The quantitative estimate of drug-likeness (QED) is 0.848. The summed E-state index contributed by atoms with van der Waals surface area (Å²) in [7, 11) is 0. The number of Topliss-reactive ketones (excluding diaryl/α,β-unsaturated/α-hetero) is 1. The third-order valence-corrected chi connectivity index (χ3v) is 3.21. The van der Waals surface area contributed by atoms with Crippen molar-refractivity contribution in [3.05, 3.63) is 52.5 Å². The molecule has 3 heteroatoms. The van der Waals surface area contributed by atoms with Gasteiger partial charge in [-0.2, -0.15) is 0 Å². The minimum absolute atomic E-state index is 0.0587. The van der Waals surface area contributed by atoms with Crippen LogP contribution >= 0.6 is 15.9 Å². The summed E-state index contributed by atoms with van der Waals surface area (Å²) < 4.78 is 0.658. The van der Waals surface area contributed by atoms with E-state index in [9.17, 15) is 9.90 Å². The summed E-state index contributed by atoms with van der Waals surface area (Å²) in [6.07, 6.45) is 0. The first-order chi connectivity index (χ1) is 8.08. The highest BCUT2D eigenvalue weighted by molar-refractivity contribution is 9.10. The lowest BCUT2D eigenvalue weighted by Gasteiger charge is -2.04. The van der Waals surface area contributed by atoms with Crippen molar-refractivity contribution >= 4 is 21.7 Å². The molecule has 0 bridgehead atoms. The van der Waals surface area contributed by atoms with Gasteiger partial charge in [0.25, 0.3) is 0 Å². The molecule has 0 fully saturated rings. The highest BCUT2D eigenvalue weighted by atomic mass is 79.9. The predicted molar refractivity (Wildman–Crippen MR) is 71.2 cm³/mol. The first-order valence-corrected chi connectivity index (χ1v) is 5.97. The maximum Gasteiger partial charge on any atom is 0.159 e. The third kappa shape index (κ3) is 2.56. The molecule has 86 valence electrons. The molecule has 0 aliphatic heterocycles. The first-order valence-electron chi connectivity index (χ1n) is 5.18. The summed E-state index contributed by atoms with van der Waals surface area (Å²) in [5.41, 5.74) is 2.70. The van der Waals surface area contributed by atoms with E-state index in [4.69, 9.17) is 0 Å². The predicted octanol–water partition coefficient (Wildman–Crippen LogP) is 4.02. The SMILES string of the molecule is CC(=O)c1ccc(-c2ccc(O)c(Br)c2)cc1. The van der Waals surface area contributed by atoms with Crippen LogP contribution in [0.1, 0.15) is 17.3 Å². The number of aromatic hydroxyl groups is 1. The van der Waals surface area contributed by atoms with E-state index in [-0.39, 0.29) is 11.5 Å². The lowest BCUT2D eigenvalue weighted by atomic mass is 10.0. The van der Waals surface area contributed by atoms with Crippen molar-refractivity contribution in [1.82, 2.24) is 0 Å². The largest absolute Gasteiger partial charge is 0.507 e. The highest BCUT2D eigenvalue weighted by Crippen LogP contribution is 2.29. The second-order valence-electron chi connectivity index (χ2n) is 3.80. The highest BCUT2D eigenvalue weighted by Gasteiger charge is 2.03. The van der Waals surface area contributed by atoms with Crippen LogP contribution in [-0.4, -0.2) is 10.9 Å². The lowest BCUT2D eigenvalue weighted by Crippen LogP contribution is -1.90. The zero-order chi connectivity index (χ0) is 12.4. The molecule has 2 aromatic rings. The van der Waals surface area contributed by atoms with Crippen molar-refractivity contribution in [1.29, 1.82) is 0 Å². The molecular weight excluding hydrogens is 280 g/mol. The Kier molecular flexibility index (Phi) is 3.29. The zero-order valence-corrected chi connectivity index (χ0v) is 10.9. The molecule has 0 spiro atoms. The topological polar surface area (TPSA) is 37.3 Å². The minimum atomic E-state index is 0.0587. The Morgan fingerprint density at radius 3 is 2.18 bits per heavy atom. The molecule has 2 aromatic carbocycles. The molecule has 0 heterocycles. The molecule has 17 heavy (non-hydrogen) atoms. The Bertz CT molecular complexity index is 559. The molecule has 2 nitrogen and oxygen atoms in total. The lowest BCUT2D eigenvalue weighted by molar-refractivity contribution is 0.101. The number of ketones is 1. The van der Waals surface area contributed by atoms with Gasteiger partial charge in [-0.1, -0.05) is 30.3 Å². The molecule has 1 N–H and O–H groups in total. The van der Waals surface area contributed by atoms with Gasteiger partial charge in [-0.3, -0.25) is 4.79 Å². The summed E-state index contributed by atoms with van der Waals surface area (Å²) in [6.45, 7) is 1.55. The monoisotopic (exact) mass is 290 g/mol. The van der Waals surface area contributed by atoms with E-state index in [0.29, 0.717) is 10.0 Å². The molecule has 0 saturated carbocycles. The fraction of sp³-hybridized carbons (Fsp3) is 0.0714. The van der Waals surface area contributed by atoms with Crippen molar-refractivity contribution in [3.63, 3.8) is 0 Å². The summed E-state index contributed by atoms with van der Waals surface area (Å²) in [4.78, 5) is 11.2. The Morgan fingerprint density at radius 1 is 1.06 bits per heavy atom. The van der Waals surface area contributed by atoms with Crippen LogP contribution in [0.2, 0.25) is 0 Å². The number of carbonyl (C=O) groups excluding carboxylic acids is 1. The van der Waals surface area contributed by atoms with Crippen LogP contribution < -0.4 is 0 Å². The van der Waals surface area contributed by atoms with Gasteiger partial charge >= 0.3 is 0 Å². The van der Waals surface area contributed by atoms with Crippen molar-refractivity contribution in [2.75, 3.05) is 0 Å². The van der Waals surface area contributed by atoms with Gasteiger partial charge in [0, 0.05) is 5.56 Å².